The molecule has 6 atom stereocenters. The smallest absolute Gasteiger partial charge is 0.496 e. The number of methoxy groups -OCH3 is 1. The Morgan fingerprint density at radius 1 is 0.784 bits per heavy atom. The van der Waals surface area contributed by atoms with Gasteiger partial charge in [0.1, 0.15) is 5.75 Å². The summed E-state index contributed by atoms with van der Waals surface area (Å²) in [6, 6.07) is 8.03. The van der Waals surface area contributed by atoms with Crippen LogP contribution in [0.4, 0.5) is 0 Å². The van der Waals surface area contributed by atoms with Crippen LogP contribution in [0.1, 0.15) is 99.5 Å². The molecule has 2 saturated carbocycles. The maximum atomic E-state index is 7.13. The Hall–Kier alpha value is -0.923. The Kier molecular flexibility index (Phi) is 11.5. The fourth-order valence-corrected chi connectivity index (χ4v) is 8.90. The van der Waals surface area contributed by atoms with Gasteiger partial charge in [-0.15, -0.1) is 0 Å². The lowest BCUT2D eigenvalue weighted by Crippen LogP contribution is -2.58. The average Bonchev–Trinajstić information content (AvgIpc) is 2.82. The molecule has 0 aliphatic heterocycles. The van der Waals surface area contributed by atoms with E-state index < -0.39 is 9.05 Å². The Bertz CT molecular complexity index is 779. The maximum Gasteiger partial charge on any atom is 0.680 e. The third kappa shape index (κ3) is 8.53. The van der Waals surface area contributed by atoms with Crippen molar-refractivity contribution in [3.8, 4) is 5.75 Å². The molecule has 1 aromatic carbocycles. The third-order valence-electron chi connectivity index (χ3n) is 8.49. The summed E-state index contributed by atoms with van der Waals surface area (Å²) in [5, 5.41) is 0. The Balaban J connectivity index is 1.98. The zero-order valence-corrected chi connectivity index (χ0v) is 26.0. The van der Waals surface area contributed by atoms with Crippen LogP contribution in [-0.2, 0) is 24.3 Å². The average molecular weight is 535 g/mol. The highest BCUT2D eigenvalue weighted by molar-refractivity contribution is 6.53. The van der Waals surface area contributed by atoms with Crippen LogP contribution in [0.5, 0.6) is 5.75 Å². The van der Waals surface area contributed by atoms with E-state index >= 15 is 0 Å². The van der Waals surface area contributed by atoms with Gasteiger partial charge < -0.3 is 22.4 Å². The van der Waals surface area contributed by atoms with Crippen LogP contribution >= 0.6 is 0 Å². The van der Waals surface area contributed by atoms with Crippen molar-refractivity contribution in [3.05, 3.63) is 29.8 Å². The molecule has 2 fully saturated rings. The molecule has 2 aliphatic carbocycles. The van der Waals surface area contributed by atoms with E-state index in [0.29, 0.717) is 42.1 Å². The molecule has 37 heavy (non-hydrogen) atoms. The molecule has 0 radical (unpaired) electrons. The minimum Gasteiger partial charge on any atom is -0.496 e. The van der Waals surface area contributed by atoms with E-state index in [1.54, 1.807) is 7.11 Å². The fourth-order valence-electron chi connectivity index (χ4n) is 6.33. The number of rotatable bonds is 12. The molecule has 6 heteroatoms. The van der Waals surface area contributed by atoms with E-state index in [1.807, 2.05) is 24.3 Å². The topological polar surface area (TPSA) is 46.2 Å². The molecule has 2 aliphatic rings. The van der Waals surface area contributed by atoms with E-state index in [0.717, 1.165) is 24.2 Å². The summed E-state index contributed by atoms with van der Waals surface area (Å²) in [5.41, 5.74) is 0.983. The number of para-hydroxylation sites is 1. The Morgan fingerprint density at radius 2 is 1.30 bits per heavy atom. The first-order valence-corrected chi connectivity index (χ1v) is 16.5. The van der Waals surface area contributed by atoms with E-state index in [1.165, 1.54) is 25.7 Å². The van der Waals surface area contributed by atoms with Gasteiger partial charge in [0.25, 0.3) is 0 Å². The van der Waals surface area contributed by atoms with Gasteiger partial charge in [-0.25, -0.2) is 0 Å². The minimum atomic E-state index is -3.54. The molecular weight excluding hydrogens is 480 g/mol. The molecule has 0 bridgehead atoms. The lowest BCUT2D eigenvalue weighted by Gasteiger charge is -2.45. The summed E-state index contributed by atoms with van der Waals surface area (Å²) >= 11 is 0. The van der Waals surface area contributed by atoms with Crippen LogP contribution in [0.2, 0.25) is 0 Å². The number of ether oxygens (including phenoxy) is 1. The van der Waals surface area contributed by atoms with Crippen LogP contribution in [-0.4, -0.2) is 34.5 Å². The maximum absolute atomic E-state index is 7.13. The van der Waals surface area contributed by atoms with Crippen molar-refractivity contribution in [2.75, 3.05) is 7.11 Å². The highest BCUT2D eigenvalue weighted by Gasteiger charge is 2.54. The van der Waals surface area contributed by atoms with Gasteiger partial charge in [-0.05, 0) is 81.1 Å². The molecule has 0 unspecified atom stereocenters. The van der Waals surface area contributed by atoms with Gasteiger partial charge in [0.2, 0.25) is 0 Å². The zero-order chi connectivity index (χ0) is 27.2. The number of hydrogen-bond donors (Lipinski definition) is 0. The molecule has 0 aromatic heterocycles. The van der Waals surface area contributed by atoms with Crippen LogP contribution in [0.15, 0.2) is 24.3 Å². The minimum absolute atomic E-state index is 0.0682. The SMILES string of the molecule is COc1ccccc1CO[Si](OC(C)C)(O[C@@H]1C[C@H](C)CC[C@H]1C(C)C)O[C@@H]1C[C@H](C)CC[C@H]1C(C)C. The van der Waals surface area contributed by atoms with Crippen molar-refractivity contribution in [3.63, 3.8) is 0 Å². The van der Waals surface area contributed by atoms with E-state index in [9.17, 15) is 0 Å². The van der Waals surface area contributed by atoms with Crippen molar-refractivity contribution in [1.29, 1.82) is 0 Å². The fraction of sp³-hybridized carbons (Fsp3) is 0.806. The molecule has 0 amide bonds. The summed E-state index contributed by atoms with van der Waals surface area (Å²) < 4.78 is 33.4. The third-order valence-corrected chi connectivity index (χ3v) is 10.9. The molecule has 212 valence electrons. The highest BCUT2D eigenvalue weighted by Crippen LogP contribution is 2.41. The van der Waals surface area contributed by atoms with Gasteiger partial charge in [-0.2, -0.15) is 0 Å². The second-order valence-corrected chi connectivity index (χ2v) is 14.7. The first-order valence-electron chi connectivity index (χ1n) is 14.8. The Labute approximate surface area is 228 Å². The molecule has 3 rings (SSSR count). The lowest BCUT2D eigenvalue weighted by atomic mass is 9.75. The Morgan fingerprint density at radius 3 is 1.76 bits per heavy atom. The van der Waals surface area contributed by atoms with Gasteiger partial charge in [0.15, 0.2) is 0 Å². The first kappa shape index (κ1) is 30.6. The summed E-state index contributed by atoms with van der Waals surface area (Å²) in [5.74, 6) is 4.09. The van der Waals surface area contributed by atoms with Crippen molar-refractivity contribution in [2.24, 2.45) is 35.5 Å². The number of hydrogen-bond acceptors (Lipinski definition) is 5. The molecular formula is C31H54O5Si. The second-order valence-electron chi connectivity index (χ2n) is 12.7. The zero-order valence-electron chi connectivity index (χ0n) is 25.0. The summed E-state index contributed by atoms with van der Waals surface area (Å²) in [6.45, 7) is 18.4. The quantitative estimate of drug-likeness (QED) is 0.254. The van der Waals surface area contributed by atoms with Crippen molar-refractivity contribution < 1.29 is 22.4 Å². The van der Waals surface area contributed by atoms with Gasteiger partial charge in [-0.1, -0.05) is 72.6 Å². The standard InChI is InChI=1S/C31H54O5Si/c1-21(2)27-16-14-24(7)18-30(27)35-37(34-23(5)6,33-20-26-12-10-11-13-29(26)32-9)36-31-19-25(8)15-17-28(31)22(3)4/h10-13,21-25,27-28,30-31H,14-20H2,1-9H3/t24-,25-,27+,28+,30-,31-/m1/s1. The summed E-state index contributed by atoms with van der Waals surface area (Å²) in [7, 11) is -1.84. The summed E-state index contributed by atoms with van der Waals surface area (Å²) in [6.07, 6.45) is 6.98. The van der Waals surface area contributed by atoms with Crippen molar-refractivity contribution in [1.82, 2.24) is 0 Å². The number of benzene rings is 1. The van der Waals surface area contributed by atoms with Gasteiger partial charge in [0.05, 0.1) is 25.9 Å². The van der Waals surface area contributed by atoms with Crippen LogP contribution in [0.3, 0.4) is 0 Å². The monoisotopic (exact) mass is 534 g/mol. The molecule has 1 aromatic rings. The van der Waals surface area contributed by atoms with Crippen LogP contribution < -0.4 is 4.74 Å². The largest absolute Gasteiger partial charge is 0.680 e. The van der Waals surface area contributed by atoms with Gasteiger partial charge in [-0.3, -0.25) is 0 Å². The molecule has 5 nitrogen and oxygen atoms in total. The molecule has 0 saturated heterocycles. The lowest BCUT2D eigenvalue weighted by molar-refractivity contribution is -0.128. The predicted octanol–water partition coefficient (Wildman–Crippen LogP) is 8.03. The molecule has 0 N–H and O–H groups in total. The normalized spacial score (nSPS) is 29.3. The van der Waals surface area contributed by atoms with Crippen LogP contribution in [0, 0.1) is 35.5 Å². The van der Waals surface area contributed by atoms with E-state index in [2.05, 4.69) is 55.4 Å². The predicted molar refractivity (Wildman–Crippen MR) is 152 cm³/mol. The van der Waals surface area contributed by atoms with E-state index in [4.69, 9.17) is 22.4 Å². The van der Waals surface area contributed by atoms with Gasteiger partial charge in [0, 0.05) is 11.7 Å². The molecule has 0 heterocycles. The second kappa shape index (κ2) is 13.9. The van der Waals surface area contributed by atoms with E-state index in [-0.39, 0.29) is 18.3 Å². The highest BCUT2D eigenvalue weighted by atomic mass is 28.4. The molecule has 0 spiro atoms. The first-order chi connectivity index (χ1) is 17.5. The van der Waals surface area contributed by atoms with Crippen LogP contribution in [0.25, 0.3) is 0 Å². The van der Waals surface area contributed by atoms with Crippen molar-refractivity contribution >= 4 is 9.05 Å². The van der Waals surface area contributed by atoms with Crippen molar-refractivity contribution in [2.45, 2.75) is 119 Å². The summed E-state index contributed by atoms with van der Waals surface area (Å²) in [4.78, 5) is 0. The van der Waals surface area contributed by atoms with Gasteiger partial charge >= 0.3 is 9.05 Å².